The van der Waals surface area contributed by atoms with Crippen molar-refractivity contribution >= 4 is 15.9 Å². The Labute approximate surface area is 128 Å². The first-order valence-electron chi connectivity index (χ1n) is 6.70. The third-order valence-corrected chi connectivity index (χ3v) is 4.12. The fourth-order valence-corrected chi connectivity index (χ4v) is 2.41. The summed E-state index contributed by atoms with van der Waals surface area (Å²) in [5.74, 6) is 0.862. The molecule has 1 aromatic heterocycles. The number of rotatable bonds is 6. The van der Waals surface area contributed by atoms with E-state index in [9.17, 15) is 0 Å². The Morgan fingerprint density at radius 3 is 2.85 bits per heavy atom. The van der Waals surface area contributed by atoms with Crippen LogP contribution in [0.25, 0.3) is 0 Å². The lowest BCUT2D eigenvalue weighted by Gasteiger charge is -2.10. The molecule has 1 aromatic carbocycles. The lowest BCUT2D eigenvalue weighted by atomic mass is 10.2. The van der Waals surface area contributed by atoms with Crippen LogP contribution in [0.15, 0.2) is 28.9 Å². The topological polar surface area (TPSA) is 39.1 Å². The van der Waals surface area contributed by atoms with Gasteiger partial charge in [-0.3, -0.25) is 4.68 Å². The minimum Gasteiger partial charge on any atom is -0.497 e. The Morgan fingerprint density at radius 1 is 1.35 bits per heavy atom. The van der Waals surface area contributed by atoms with Crippen molar-refractivity contribution in [3.8, 4) is 5.75 Å². The van der Waals surface area contributed by atoms with Gasteiger partial charge in [0.1, 0.15) is 5.75 Å². The first-order chi connectivity index (χ1) is 9.65. The van der Waals surface area contributed by atoms with E-state index in [2.05, 4.69) is 40.2 Å². The molecule has 0 saturated heterocycles. The van der Waals surface area contributed by atoms with Crippen LogP contribution < -0.4 is 10.1 Å². The van der Waals surface area contributed by atoms with Crippen LogP contribution in [-0.4, -0.2) is 23.4 Å². The van der Waals surface area contributed by atoms with Crippen LogP contribution in [-0.2, 0) is 13.1 Å². The number of benzene rings is 1. The van der Waals surface area contributed by atoms with Crippen LogP contribution >= 0.6 is 15.9 Å². The molecule has 0 fully saturated rings. The number of hydrogen-bond acceptors (Lipinski definition) is 3. The van der Waals surface area contributed by atoms with Gasteiger partial charge in [0.15, 0.2) is 0 Å². The van der Waals surface area contributed by atoms with Crippen molar-refractivity contribution in [3.05, 3.63) is 45.7 Å². The van der Waals surface area contributed by atoms with E-state index in [0.717, 1.165) is 35.4 Å². The molecule has 0 amide bonds. The molecule has 0 aliphatic heterocycles. The standard InChI is InChI=1S/C15H20BrN3O/c1-4-17-8-13-9-18-19(11(13)2)10-12-7-14(20-3)5-6-15(12)16/h5-7,9,17H,4,8,10H2,1-3H3. The van der Waals surface area contributed by atoms with Crippen LogP contribution in [0, 0.1) is 6.92 Å². The highest BCUT2D eigenvalue weighted by atomic mass is 79.9. The Kier molecular flexibility index (Phi) is 5.20. The molecule has 0 spiro atoms. The van der Waals surface area contributed by atoms with Crippen molar-refractivity contribution in [2.45, 2.75) is 26.9 Å². The highest BCUT2D eigenvalue weighted by Gasteiger charge is 2.09. The summed E-state index contributed by atoms with van der Waals surface area (Å²) in [7, 11) is 1.68. The lowest BCUT2D eigenvalue weighted by molar-refractivity contribution is 0.414. The maximum absolute atomic E-state index is 5.28. The average molecular weight is 338 g/mol. The van der Waals surface area contributed by atoms with E-state index in [4.69, 9.17) is 4.74 Å². The Bertz CT molecular complexity index is 580. The molecule has 2 rings (SSSR count). The zero-order valence-corrected chi connectivity index (χ0v) is 13.7. The highest BCUT2D eigenvalue weighted by Crippen LogP contribution is 2.23. The van der Waals surface area contributed by atoms with E-state index < -0.39 is 0 Å². The van der Waals surface area contributed by atoms with Crippen LogP contribution in [0.3, 0.4) is 0 Å². The second-order valence-electron chi connectivity index (χ2n) is 4.65. The normalized spacial score (nSPS) is 10.8. The predicted octanol–water partition coefficient (Wildman–Crippen LogP) is 3.12. The van der Waals surface area contributed by atoms with Gasteiger partial charge in [-0.25, -0.2) is 0 Å². The van der Waals surface area contributed by atoms with E-state index in [1.54, 1.807) is 7.11 Å². The molecule has 0 aliphatic rings. The summed E-state index contributed by atoms with van der Waals surface area (Å²) in [6.07, 6.45) is 1.94. The first-order valence-corrected chi connectivity index (χ1v) is 7.49. The predicted molar refractivity (Wildman–Crippen MR) is 84.1 cm³/mol. The SMILES string of the molecule is CCNCc1cnn(Cc2cc(OC)ccc2Br)c1C. The monoisotopic (exact) mass is 337 g/mol. The van der Waals surface area contributed by atoms with E-state index in [-0.39, 0.29) is 0 Å². The molecular formula is C15H20BrN3O. The van der Waals surface area contributed by atoms with E-state index in [0.29, 0.717) is 0 Å². The number of ether oxygens (including phenoxy) is 1. The van der Waals surface area contributed by atoms with Crippen LogP contribution in [0.1, 0.15) is 23.7 Å². The number of hydrogen-bond donors (Lipinski definition) is 1. The number of nitrogens with zero attached hydrogens (tertiary/aromatic N) is 2. The zero-order chi connectivity index (χ0) is 14.5. The van der Waals surface area contributed by atoms with E-state index in [1.165, 1.54) is 11.3 Å². The molecule has 20 heavy (non-hydrogen) atoms. The second-order valence-corrected chi connectivity index (χ2v) is 5.50. The van der Waals surface area contributed by atoms with Gasteiger partial charge >= 0.3 is 0 Å². The summed E-state index contributed by atoms with van der Waals surface area (Å²) in [6, 6.07) is 5.99. The van der Waals surface area contributed by atoms with Gasteiger partial charge in [-0.15, -0.1) is 0 Å². The zero-order valence-electron chi connectivity index (χ0n) is 12.1. The molecule has 5 heteroatoms. The average Bonchev–Trinajstić information content (AvgIpc) is 2.80. The van der Waals surface area contributed by atoms with Gasteiger partial charge in [-0.2, -0.15) is 5.10 Å². The number of halogens is 1. The van der Waals surface area contributed by atoms with Crippen molar-refractivity contribution in [3.63, 3.8) is 0 Å². The molecule has 0 atom stereocenters. The Balaban J connectivity index is 2.19. The molecule has 0 radical (unpaired) electrons. The first kappa shape index (κ1) is 15.1. The van der Waals surface area contributed by atoms with Crippen molar-refractivity contribution in [2.75, 3.05) is 13.7 Å². The molecule has 1 N–H and O–H groups in total. The molecule has 4 nitrogen and oxygen atoms in total. The fraction of sp³-hybridized carbons (Fsp3) is 0.400. The molecule has 0 aliphatic carbocycles. The molecular weight excluding hydrogens is 318 g/mol. The fourth-order valence-electron chi connectivity index (χ4n) is 2.04. The number of nitrogens with one attached hydrogen (secondary N) is 1. The summed E-state index contributed by atoms with van der Waals surface area (Å²) in [4.78, 5) is 0. The largest absolute Gasteiger partial charge is 0.497 e. The van der Waals surface area contributed by atoms with Crippen molar-refractivity contribution < 1.29 is 4.74 Å². The summed E-state index contributed by atoms with van der Waals surface area (Å²) in [5.41, 5.74) is 3.59. The summed E-state index contributed by atoms with van der Waals surface area (Å²) in [6.45, 7) is 6.77. The molecule has 0 unspecified atom stereocenters. The highest BCUT2D eigenvalue weighted by molar-refractivity contribution is 9.10. The van der Waals surface area contributed by atoms with Crippen LogP contribution in [0.5, 0.6) is 5.75 Å². The second kappa shape index (κ2) is 6.90. The van der Waals surface area contributed by atoms with Crippen molar-refractivity contribution in [1.29, 1.82) is 0 Å². The van der Waals surface area contributed by atoms with Gasteiger partial charge in [-0.1, -0.05) is 22.9 Å². The summed E-state index contributed by atoms with van der Waals surface area (Å²) < 4.78 is 8.37. The van der Waals surface area contributed by atoms with Crippen LogP contribution in [0.2, 0.25) is 0 Å². The third-order valence-electron chi connectivity index (χ3n) is 3.34. The van der Waals surface area contributed by atoms with E-state index >= 15 is 0 Å². The molecule has 0 saturated carbocycles. The van der Waals surface area contributed by atoms with Gasteiger partial charge in [0.2, 0.25) is 0 Å². The number of aromatic nitrogens is 2. The molecule has 2 aromatic rings. The minimum absolute atomic E-state index is 0.732. The number of methoxy groups -OCH3 is 1. The Hall–Kier alpha value is -1.33. The quantitative estimate of drug-likeness (QED) is 0.880. The van der Waals surface area contributed by atoms with Gasteiger partial charge < -0.3 is 10.1 Å². The summed E-state index contributed by atoms with van der Waals surface area (Å²) in [5, 5.41) is 7.81. The third kappa shape index (κ3) is 3.41. The molecule has 108 valence electrons. The van der Waals surface area contributed by atoms with Gasteiger partial charge in [0.25, 0.3) is 0 Å². The maximum atomic E-state index is 5.28. The molecule has 0 bridgehead atoms. The Morgan fingerprint density at radius 2 is 2.15 bits per heavy atom. The van der Waals surface area contributed by atoms with Gasteiger partial charge in [-0.05, 0) is 37.2 Å². The van der Waals surface area contributed by atoms with Crippen molar-refractivity contribution in [1.82, 2.24) is 15.1 Å². The van der Waals surface area contributed by atoms with Gasteiger partial charge in [0, 0.05) is 22.3 Å². The van der Waals surface area contributed by atoms with E-state index in [1.807, 2.05) is 29.1 Å². The maximum Gasteiger partial charge on any atom is 0.119 e. The van der Waals surface area contributed by atoms with Crippen LogP contribution in [0.4, 0.5) is 0 Å². The summed E-state index contributed by atoms with van der Waals surface area (Å²) >= 11 is 3.58. The molecule has 1 heterocycles. The smallest absolute Gasteiger partial charge is 0.119 e. The van der Waals surface area contributed by atoms with Crippen molar-refractivity contribution in [2.24, 2.45) is 0 Å². The minimum atomic E-state index is 0.732. The van der Waals surface area contributed by atoms with Gasteiger partial charge in [0.05, 0.1) is 19.9 Å². The lowest BCUT2D eigenvalue weighted by Crippen LogP contribution is -2.12.